The number of nitrogens with zero attached hydrogens (tertiary/aromatic N) is 1. The van der Waals surface area contributed by atoms with Crippen molar-refractivity contribution in [2.45, 2.75) is 32.2 Å². The number of anilines is 1. The van der Waals surface area contributed by atoms with Crippen LogP contribution in [0.3, 0.4) is 0 Å². The van der Waals surface area contributed by atoms with Crippen LogP contribution in [0.1, 0.15) is 31.7 Å². The summed E-state index contributed by atoms with van der Waals surface area (Å²) in [7, 11) is 0. The predicted molar refractivity (Wildman–Crippen MR) is 91.3 cm³/mol. The third kappa shape index (κ3) is 4.14. The number of nitrogens with two attached hydrogens (primary N) is 2. The molecule has 25 heavy (non-hydrogen) atoms. The molecule has 1 atom stereocenters. The van der Waals surface area contributed by atoms with E-state index in [0.29, 0.717) is 11.6 Å². The zero-order valence-corrected chi connectivity index (χ0v) is 14.2. The van der Waals surface area contributed by atoms with E-state index in [1.165, 1.54) is 4.90 Å². The van der Waals surface area contributed by atoms with E-state index in [2.05, 4.69) is 19.2 Å². The minimum Gasteiger partial charge on any atom is -0.367 e. The Labute approximate surface area is 145 Å². The Morgan fingerprint density at radius 1 is 1.20 bits per heavy atom. The molecule has 0 spiro atoms. The first-order chi connectivity index (χ1) is 11.7. The molecule has 0 saturated carbocycles. The van der Waals surface area contributed by atoms with Gasteiger partial charge < -0.3 is 21.7 Å². The molecular weight excluding hydrogens is 324 g/mol. The summed E-state index contributed by atoms with van der Waals surface area (Å²) >= 11 is 0. The summed E-state index contributed by atoms with van der Waals surface area (Å²) < 4.78 is 0. The lowest BCUT2D eigenvalue weighted by Crippen LogP contribution is -2.54. The van der Waals surface area contributed by atoms with E-state index in [9.17, 15) is 19.2 Å². The molecular formula is C17H22N4O4. The molecule has 0 aliphatic carbocycles. The van der Waals surface area contributed by atoms with Gasteiger partial charge >= 0.3 is 0 Å². The molecule has 2 rings (SSSR count). The summed E-state index contributed by atoms with van der Waals surface area (Å²) in [5, 5.41) is 2.21. The van der Waals surface area contributed by atoms with E-state index in [4.69, 9.17) is 11.5 Å². The second kappa shape index (κ2) is 7.33. The van der Waals surface area contributed by atoms with Crippen molar-refractivity contribution in [3.05, 3.63) is 29.8 Å². The molecule has 1 aromatic carbocycles. The van der Waals surface area contributed by atoms with Crippen molar-refractivity contribution in [2.24, 2.45) is 17.4 Å². The van der Waals surface area contributed by atoms with Crippen LogP contribution >= 0.6 is 0 Å². The monoisotopic (exact) mass is 346 g/mol. The highest BCUT2D eigenvalue weighted by Crippen LogP contribution is 2.28. The highest BCUT2D eigenvalue weighted by molar-refractivity contribution is 6.07. The Kier molecular flexibility index (Phi) is 5.41. The Morgan fingerprint density at radius 3 is 2.40 bits per heavy atom. The molecule has 1 aliphatic heterocycles. The summed E-state index contributed by atoms with van der Waals surface area (Å²) in [5.41, 5.74) is 11.9. The van der Waals surface area contributed by atoms with E-state index in [1.54, 1.807) is 6.07 Å². The zero-order chi connectivity index (χ0) is 18.7. The van der Waals surface area contributed by atoms with Gasteiger partial charge in [0.2, 0.25) is 23.6 Å². The molecule has 0 bridgehead atoms. The van der Waals surface area contributed by atoms with Gasteiger partial charge in [-0.3, -0.25) is 19.2 Å². The second-order valence-corrected chi connectivity index (χ2v) is 6.40. The number of carbonyl (C=O) groups is 4. The van der Waals surface area contributed by atoms with Crippen LogP contribution in [0.25, 0.3) is 0 Å². The molecule has 8 nitrogen and oxygen atoms in total. The summed E-state index contributed by atoms with van der Waals surface area (Å²) in [6.45, 7) is 4.26. The molecule has 1 unspecified atom stereocenters. The molecule has 1 aromatic rings. The zero-order valence-electron chi connectivity index (χ0n) is 14.2. The van der Waals surface area contributed by atoms with Gasteiger partial charge in [0.25, 0.3) is 0 Å². The average molecular weight is 346 g/mol. The van der Waals surface area contributed by atoms with Crippen molar-refractivity contribution in [1.82, 2.24) is 5.32 Å². The van der Waals surface area contributed by atoms with Crippen molar-refractivity contribution >= 4 is 29.3 Å². The van der Waals surface area contributed by atoms with Gasteiger partial charge in [0.1, 0.15) is 0 Å². The fraction of sp³-hybridized carbons (Fsp3) is 0.412. The largest absolute Gasteiger partial charge is 0.367 e. The van der Waals surface area contributed by atoms with Gasteiger partial charge in [0.05, 0.1) is 5.92 Å². The van der Waals surface area contributed by atoms with Crippen molar-refractivity contribution in [2.75, 3.05) is 11.4 Å². The molecule has 1 aliphatic rings. The van der Waals surface area contributed by atoms with Gasteiger partial charge in [-0.2, -0.15) is 0 Å². The number of amides is 4. The Morgan fingerprint density at radius 2 is 1.84 bits per heavy atom. The van der Waals surface area contributed by atoms with Crippen molar-refractivity contribution < 1.29 is 19.2 Å². The van der Waals surface area contributed by atoms with Crippen LogP contribution in [-0.4, -0.2) is 36.2 Å². The maximum atomic E-state index is 12.3. The van der Waals surface area contributed by atoms with Crippen molar-refractivity contribution in [1.29, 1.82) is 0 Å². The van der Waals surface area contributed by atoms with Crippen molar-refractivity contribution in [3.63, 3.8) is 0 Å². The molecule has 0 radical (unpaired) electrons. The quantitative estimate of drug-likeness (QED) is 0.605. The van der Waals surface area contributed by atoms with Crippen LogP contribution in [0, 0.1) is 5.92 Å². The smallest absolute Gasteiger partial charge is 0.249 e. The number of primary amides is 2. The minimum atomic E-state index is -1.58. The highest BCUT2D eigenvalue weighted by atomic mass is 16.2. The Bertz CT molecular complexity index is 702. The Hall–Kier alpha value is -2.90. The molecule has 1 saturated heterocycles. The number of benzene rings is 1. The van der Waals surface area contributed by atoms with Crippen LogP contribution in [0.2, 0.25) is 0 Å². The van der Waals surface area contributed by atoms with E-state index in [1.807, 2.05) is 18.2 Å². The van der Waals surface area contributed by atoms with Crippen molar-refractivity contribution in [3.8, 4) is 0 Å². The third-order valence-electron chi connectivity index (χ3n) is 4.20. The first-order valence-corrected chi connectivity index (χ1v) is 8.00. The van der Waals surface area contributed by atoms with E-state index < -0.39 is 29.7 Å². The second-order valence-electron chi connectivity index (χ2n) is 6.40. The standard InChI is InChI=1S/C17H22N4O4/c1-9(2)10-4-3-5-12(6-10)21-8-11(7-13(21)22)17(25)20-14(15(18)23)16(19)24/h3-6,9,11,14H,7-8H2,1-2H3,(H2,18,23)(H2,19,24)(H,20,25). The van der Waals surface area contributed by atoms with E-state index in [-0.39, 0.29) is 18.9 Å². The highest BCUT2D eigenvalue weighted by Gasteiger charge is 2.37. The molecule has 5 N–H and O–H groups in total. The van der Waals surface area contributed by atoms with Crippen LogP contribution in [-0.2, 0) is 19.2 Å². The summed E-state index contributed by atoms with van der Waals surface area (Å²) in [4.78, 5) is 48.4. The van der Waals surface area contributed by atoms with Gasteiger partial charge in [-0.05, 0) is 23.6 Å². The maximum Gasteiger partial charge on any atom is 0.249 e. The number of hydrogen-bond donors (Lipinski definition) is 3. The first-order valence-electron chi connectivity index (χ1n) is 8.00. The number of rotatable bonds is 6. The molecule has 0 aromatic heterocycles. The van der Waals surface area contributed by atoms with Gasteiger partial charge in [0.15, 0.2) is 6.04 Å². The molecule has 4 amide bonds. The molecule has 8 heteroatoms. The summed E-state index contributed by atoms with van der Waals surface area (Å²) in [6.07, 6.45) is -0.0119. The third-order valence-corrected chi connectivity index (χ3v) is 4.20. The SMILES string of the molecule is CC(C)c1cccc(N2CC(C(=O)NC(C(N)=O)C(N)=O)CC2=O)c1. The average Bonchev–Trinajstić information content (AvgIpc) is 2.93. The predicted octanol–water partition coefficient (Wildman–Crippen LogP) is -0.382. The lowest BCUT2D eigenvalue weighted by molar-refractivity contribution is -0.135. The van der Waals surface area contributed by atoms with Gasteiger partial charge in [-0.1, -0.05) is 26.0 Å². The van der Waals surface area contributed by atoms with E-state index >= 15 is 0 Å². The fourth-order valence-corrected chi connectivity index (χ4v) is 2.73. The first kappa shape index (κ1) is 18.4. The van der Waals surface area contributed by atoms with Gasteiger partial charge in [-0.15, -0.1) is 0 Å². The summed E-state index contributed by atoms with van der Waals surface area (Å²) in [5.74, 6) is -3.24. The molecule has 1 fully saturated rings. The van der Waals surface area contributed by atoms with Crippen LogP contribution in [0.5, 0.6) is 0 Å². The molecule has 1 heterocycles. The van der Waals surface area contributed by atoms with Gasteiger partial charge in [-0.25, -0.2) is 0 Å². The normalized spacial score (nSPS) is 17.2. The van der Waals surface area contributed by atoms with E-state index in [0.717, 1.165) is 5.56 Å². The Balaban J connectivity index is 2.12. The fourth-order valence-electron chi connectivity index (χ4n) is 2.73. The van der Waals surface area contributed by atoms with Crippen LogP contribution < -0.4 is 21.7 Å². The number of carbonyl (C=O) groups excluding carboxylic acids is 4. The number of hydrogen-bond acceptors (Lipinski definition) is 4. The molecule has 134 valence electrons. The lowest BCUT2D eigenvalue weighted by atomic mass is 10.0. The minimum absolute atomic E-state index is 0.0119. The van der Waals surface area contributed by atoms with Crippen LogP contribution in [0.15, 0.2) is 24.3 Å². The topological polar surface area (TPSA) is 136 Å². The van der Waals surface area contributed by atoms with Gasteiger partial charge in [0, 0.05) is 18.7 Å². The number of nitrogens with one attached hydrogen (secondary N) is 1. The lowest BCUT2D eigenvalue weighted by Gasteiger charge is -2.19. The maximum absolute atomic E-state index is 12.3. The van der Waals surface area contributed by atoms with Crippen LogP contribution in [0.4, 0.5) is 5.69 Å². The summed E-state index contributed by atoms with van der Waals surface area (Å²) in [6, 6.07) is 5.98.